The normalized spacial score (nSPS) is 21.7. The smallest absolute Gasteiger partial charge is 0.0944 e. The lowest BCUT2D eigenvalue weighted by molar-refractivity contribution is -0.415. The summed E-state index contributed by atoms with van der Waals surface area (Å²) in [4.78, 5) is 8.33. The standard InChI is InChI=1S/C3H5ClO.CH2O3/c4-1-3-2-5-3;2-1(3)4/h3H,1-2H2;(H2,2,3,4)/p-2. The monoisotopic (exact) mass is 152 g/mol. The SMILES string of the molecule is ClCC1CO1.O=C([O-])[O-]. The van der Waals surface area contributed by atoms with Crippen molar-refractivity contribution >= 4 is 17.8 Å². The summed E-state index contributed by atoms with van der Waals surface area (Å²) < 4.78 is 4.73. The molecule has 1 unspecified atom stereocenters. The zero-order valence-corrected chi connectivity index (χ0v) is 5.26. The maximum absolute atomic E-state index is 8.33. The van der Waals surface area contributed by atoms with Crippen LogP contribution in [0.4, 0.5) is 4.79 Å². The Balaban J connectivity index is 0.000000148. The minimum absolute atomic E-state index is 0.400. The van der Waals surface area contributed by atoms with E-state index >= 15 is 0 Å². The molecular weight excluding hydrogens is 147 g/mol. The largest absolute Gasteiger partial charge is 0.652 e. The molecule has 5 heteroatoms. The fraction of sp³-hybridized carbons (Fsp3) is 0.750. The Hall–Kier alpha value is -0.480. The van der Waals surface area contributed by atoms with E-state index in [1.807, 2.05) is 0 Å². The molecule has 1 fully saturated rings. The molecule has 0 saturated carbocycles. The van der Waals surface area contributed by atoms with Crippen molar-refractivity contribution < 1.29 is 19.7 Å². The molecule has 0 radical (unpaired) electrons. The van der Waals surface area contributed by atoms with Gasteiger partial charge in [0.25, 0.3) is 0 Å². The second-order valence-electron chi connectivity index (χ2n) is 1.36. The lowest BCUT2D eigenvalue weighted by atomic mass is 10.6. The highest BCUT2D eigenvalue weighted by Crippen LogP contribution is 2.08. The van der Waals surface area contributed by atoms with Gasteiger partial charge in [-0.05, 0) is 6.16 Å². The topological polar surface area (TPSA) is 75.7 Å². The van der Waals surface area contributed by atoms with E-state index in [2.05, 4.69) is 0 Å². The molecule has 1 aliphatic heterocycles. The number of carbonyl (C=O) groups is 1. The average Bonchev–Trinajstić information content (AvgIpc) is 2.43. The predicted molar refractivity (Wildman–Crippen MR) is 25.9 cm³/mol. The zero-order valence-electron chi connectivity index (χ0n) is 4.50. The highest BCUT2D eigenvalue weighted by atomic mass is 35.5. The summed E-state index contributed by atoms with van der Waals surface area (Å²) in [6.07, 6.45) is -1.93. The molecule has 0 aliphatic carbocycles. The Bertz CT molecular complexity index is 86.6. The van der Waals surface area contributed by atoms with Gasteiger partial charge in [-0.15, -0.1) is 11.6 Å². The molecule has 54 valence electrons. The van der Waals surface area contributed by atoms with Crippen LogP contribution in [0.2, 0.25) is 0 Å². The lowest BCUT2D eigenvalue weighted by Crippen LogP contribution is -2.37. The Morgan fingerprint density at radius 3 is 2.11 bits per heavy atom. The van der Waals surface area contributed by atoms with Gasteiger partial charge in [0.1, 0.15) is 0 Å². The van der Waals surface area contributed by atoms with Gasteiger partial charge >= 0.3 is 0 Å². The molecule has 4 nitrogen and oxygen atoms in total. The first-order valence-electron chi connectivity index (χ1n) is 2.22. The van der Waals surface area contributed by atoms with Crippen molar-refractivity contribution in [2.45, 2.75) is 6.10 Å². The first-order valence-corrected chi connectivity index (χ1v) is 2.76. The van der Waals surface area contributed by atoms with Crippen LogP contribution in [0.25, 0.3) is 0 Å². The van der Waals surface area contributed by atoms with Crippen LogP contribution in [-0.2, 0) is 4.74 Å². The van der Waals surface area contributed by atoms with Gasteiger partial charge in [0.05, 0.1) is 18.6 Å². The number of carboxylic acid groups (broad SMARTS) is 2. The van der Waals surface area contributed by atoms with Crippen LogP contribution in [0.5, 0.6) is 0 Å². The Morgan fingerprint density at radius 2 is 2.11 bits per heavy atom. The predicted octanol–water partition coefficient (Wildman–Crippen LogP) is -1.82. The van der Waals surface area contributed by atoms with Gasteiger partial charge in [0, 0.05) is 0 Å². The highest BCUT2D eigenvalue weighted by molar-refractivity contribution is 6.18. The van der Waals surface area contributed by atoms with E-state index in [1.165, 1.54) is 0 Å². The Kier molecular flexibility index (Phi) is 4.17. The van der Waals surface area contributed by atoms with Crippen LogP contribution < -0.4 is 10.2 Å². The summed E-state index contributed by atoms with van der Waals surface area (Å²) in [5.41, 5.74) is 0. The van der Waals surface area contributed by atoms with E-state index in [0.29, 0.717) is 12.0 Å². The van der Waals surface area contributed by atoms with Gasteiger partial charge in [-0.3, -0.25) is 0 Å². The number of hydrogen-bond donors (Lipinski definition) is 0. The maximum Gasteiger partial charge on any atom is 0.0944 e. The van der Waals surface area contributed by atoms with Crippen molar-refractivity contribution in [1.82, 2.24) is 0 Å². The van der Waals surface area contributed by atoms with Gasteiger partial charge < -0.3 is 19.7 Å². The second kappa shape index (κ2) is 4.40. The van der Waals surface area contributed by atoms with Crippen LogP contribution in [-0.4, -0.2) is 24.7 Å². The van der Waals surface area contributed by atoms with E-state index in [4.69, 9.17) is 31.3 Å². The van der Waals surface area contributed by atoms with E-state index in [-0.39, 0.29) is 0 Å². The molecule has 0 N–H and O–H groups in total. The van der Waals surface area contributed by atoms with Gasteiger partial charge in [0.2, 0.25) is 0 Å². The molecule has 1 atom stereocenters. The van der Waals surface area contributed by atoms with Gasteiger partial charge in [-0.2, -0.15) is 0 Å². The van der Waals surface area contributed by atoms with Crippen molar-refractivity contribution in [3.05, 3.63) is 0 Å². The van der Waals surface area contributed by atoms with Crippen molar-refractivity contribution in [2.75, 3.05) is 12.5 Å². The molecule has 0 amide bonds. The van der Waals surface area contributed by atoms with E-state index in [1.54, 1.807) is 0 Å². The van der Waals surface area contributed by atoms with Crippen LogP contribution in [0, 0.1) is 0 Å². The quantitative estimate of drug-likeness (QED) is 0.327. The number of rotatable bonds is 1. The number of halogens is 1. The van der Waals surface area contributed by atoms with Crippen molar-refractivity contribution in [3.8, 4) is 0 Å². The van der Waals surface area contributed by atoms with Crippen molar-refractivity contribution in [1.29, 1.82) is 0 Å². The first kappa shape index (κ1) is 8.52. The molecule has 0 aromatic carbocycles. The van der Waals surface area contributed by atoms with Crippen LogP contribution in [0.3, 0.4) is 0 Å². The van der Waals surface area contributed by atoms with Crippen molar-refractivity contribution in [3.63, 3.8) is 0 Å². The fourth-order valence-electron chi connectivity index (χ4n) is 0.157. The summed E-state index contributed by atoms with van der Waals surface area (Å²) >= 11 is 5.27. The molecule has 1 saturated heterocycles. The summed E-state index contributed by atoms with van der Waals surface area (Å²) in [7, 11) is 0. The second-order valence-corrected chi connectivity index (χ2v) is 1.67. The molecule has 0 bridgehead atoms. The summed E-state index contributed by atoms with van der Waals surface area (Å²) in [5, 5.41) is 16.7. The van der Waals surface area contributed by atoms with E-state index in [9.17, 15) is 0 Å². The summed E-state index contributed by atoms with van der Waals surface area (Å²) in [6.45, 7) is 0.878. The van der Waals surface area contributed by atoms with Crippen LogP contribution in [0.1, 0.15) is 0 Å². The number of ether oxygens (including phenoxy) is 1. The molecule has 1 heterocycles. The zero-order chi connectivity index (χ0) is 7.28. The maximum atomic E-state index is 8.33. The lowest BCUT2D eigenvalue weighted by Gasteiger charge is -1.96. The third-order valence-electron chi connectivity index (χ3n) is 0.574. The number of epoxide rings is 1. The third kappa shape index (κ3) is 11.2. The minimum Gasteiger partial charge on any atom is -0.652 e. The number of alkyl halides is 1. The fourth-order valence-corrected chi connectivity index (χ4v) is 0.335. The van der Waals surface area contributed by atoms with Gasteiger partial charge in [-0.1, -0.05) is 0 Å². The number of hydrogen-bond acceptors (Lipinski definition) is 4. The first-order chi connectivity index (χ1) is 4.16. The van der Waals surface area contributed by atoms with Crippen LogP contribution in [0.15, 0.2) is 0 Å². The van der Waals surface area contributed by atoms with Gasteiger partial charge in [-0.25, -0.2) is 0 Å². The Labute approximate surface area is 57.0 Å². The molecule has 9 heavy (non-hydrogen) atoms. The van der Waals surface area contributed by atoms with E-state index < -0.39 is 6.16 Å². The van der Waals surface area contributed by atoms with Gasteiger partial charge in [0.15, 0.2) is 0 Å². The van der Waals surface area contributed by atoms with E-state index in [0.717, 1.165) is 6.61 Å². The average molecular weight is 153 g/mol. The highest BCUT2D eigenvalue weighted by Gasteiger charge is 2.19. The summed E-state index contributed by atoms with van der Waals surface area (Å²) in [5.74, 6) is 0.667. The molecule has 0 aromatic rings. The Morgan fingerprint density at radius 1 is 1.78 bits per heavy atom. The van der Waals surface area contributed by atoms with Crippen LogP contribution >= 0.6 is 11.6 Å². The molecule has 1 rings (SSSR count). The molecular formula is C4H5ClO4-2. The minimum atomic E-state index is -2.33. The third-order valence-corrected chi connectivity index (χ3v) is 0.919. The summed E-state index contributed by atoms with van der Waals surface area (Å²) in [6, 6.07) is 0. The number of carbonyl (C=O) groups excluding carboxylic acids is 1. The van der Waals surface area contributed by atoms with Crippen molar-refractivity contribution in [2.24, 2.45) is 0 Å². The molecule has 0 aromatic heterocycles. The molecule has 1 aliphatic rings. The molecule has 0 spiro atoms.